The number of para-hydroxylation sites is 1. The zero-order valence-corrected chi connectivity index (χ0v) is 17.1. The molecule has 5 rings (SSSR count). The number of carbonyl (C=O) groups is 1. The van der Waals surface area contributed by atoms with Crippen molar-refractivity contribution in [3.8, 4) is 5.75 Å². The summed E-state index contributed by atoms with van der Waals surface area (Å²) in [4.78, 5) is 21.0. The molecule has 1 N–H and O–H groups in total. The van der Waals surface area contributed by atoms with Crippen LogP contribution in [0.2, 0.25) is 0 Å². The standard InChI is InChI=1S/C23H24N6O2/c30-23(20-6-5-17-3-1-2-4-19(17)31-20)29-15-13-28(14-16-29)22-8-7-21(26-27-22)25-18-9-11-24-12-10-18/h1-4,7-12,20H,5-6,13-16H2,(H,24,25,26). The van der Waals surface area contributed by atoms with Gasteiger partial charge in [0, 0.05) is 44.3 Å². The lowest BCUT2D eigenvalue weighted by atomic mass is 10.0. The topological polar surface area (TPSA) is 83.5 Å². The lowest BCUT2D eigenvalue weighted by Crippen LogP contribution is -2.53. The van der Waals surface area contributed by atoms with Crippen LogP contribution in [-0.2, 0) is 11.2 Å². The van der Waals surface area contributed by atoms with E-state index in [2.05, 4.69) is 31.5 Å². The Morgan fingerprint density at radius 1 is 0.968 bits per heavy atom. The average Bonchev–Trinajstić information content (AvgIpc) is 2.84. The normalized spacial score (nSPS) is 18.1. The highest BCUT2D eigenvalue weighted by molar-refractivity contribution is 5.82. The molecule has 1 fully saturated rings. The number of ether oxygens (including phenoxy) is 1. The largest absolute Gasteiger partial charge is 0.480 e. The van der Waals surface area contributed by atoms with Crippen molar-refractivity contribution in [3.63, 3.8) is 0 Å². The van der Waals surface area contributed by atoms with Crippen molar-refractivity contribution in [1.82, 2.24) is 20.1 Å². The molecule has 31 heavy (non-hydrogen) atoms. The molecule has 1 saturated heterocycles. The van der Waals surface area contributed by atoms with E-state index < -0.39 is 0 Å². The van der Waals surface area contributed by atoms with Crippen molar-refractivity contribution < 1.29 is 9.53 Å². The highest BCUT2D eigenvalue weighted by atomic mass is 16.5. The number of benzene rings is 1. The summed E-state index contributed by atoms with van der Waals surface area (Å²) in [6.45, 7) is 2.75. The molecule has 0 bridgehead atoms. The van der Waals surface area contributed by atoms with Gasteiger partial charge in [0.1, 0.15) is 5.75 Å². The van der Waals surface area contributed by atoms with Gasteiger partial charge < -0.3 is 19.9 Å². The quantitative estimate of drug-likeness (QED) is 0.700. The Bertz CT molecular complexity index is 1040. The van der Waals surface area contributed by atoms with Crippen molar-refractivity contribution in [2.75, 3.05) is 36.4 Å². The maximum Gasteiger partial charge on any atom is 0.263 e. The number of hydrogen-bond donors (Lipinski definition) is 1. The SMILES string of the molecule is O=C(C1CCc2ccccc2O1)N1CCN(c2ccc(Nc3ccncc3)nn2)CC1. The molecule has 0 aliphatic carbocycles. The number of hydrogen-bond acceptors (Lipinski definition) is 7. The number of anilines is 3. The van der Waals surface area contributed by atoms with Gasteiger partial charge in [0.2, 0.25) is 0 Å². The lowest BCUT2D eigenvalue weighted by molar-refractivity contribution is -0.139. The van der Waals surface area contributed by atoms with Crippen LogP contribution in [-0.4, -0.2) is 58.3 Å². The van der Waals surface area contributed by atoms with E-state index in [-0.39, 0.29) is 12.0 Å². The molecule has 1 unspecified atom stereocenters. The van der Waals surface area contributed by atoms with Crippen LogP contribution in [0.15, 0.2) is 60.9 Å². The van der Waals surface area contributed by atoms with Gasteiger partial charge in [-0.15, -0.1) is 10.2 Å². The van der Waals surface area contributed by atoms with Crippen LogP contribution in [0, 0.1) is 0 Å². The fourth-order valence-electron chi connectivity index (χ4n) is 4.00. The molecule has 1 atom stereocenters. The first-order chi connectivity index (χ1) is 15.3. The second-order valence-electron chi connectivity index (χ2n) is 7.70. The zero-order valence-electron chi connectivity index (χ0n) is 17.1. The number of carbonyl (C=O) groups excluding carboxylic acids is 1. The van der Waals surface area contributed by atoms with Gasteiger partial charge in [0.05, 0.1) is 0 Å². The summed E-state index contributed by atoms with van der Waals surface area (Å²) in [5, 5.41) is 11.8. The maximum absolute atomic E-state index is 13.0. The Morgan fingerprint density at radius 2 is 1.77 bits per heavy atom. The number of aryl methyl sites for hydroxylation is 1. The van der Waals surface area contributed by atoms with E-state index in [4.69, 9.17) is 4.74 Å². The van der Waals surface area contributed by atoms with Crippen LogP contribution in [0.1, 0.15) is 12.0 Å². The minimum atomic E-state index is -0.389. The molecule has 158 valence electrons. The van der Waals surface area contributed by atoms with Crippen molar-refractivity contribution in [3.05, 3.63) is 66.5 Å². The summed E-state index contributed by atoms with van der Waals surface area (Å²) < 4.78 is 5.98. The van der Waals surface area contributed by atoms with Gasteiger partial charge in [0.15, 0.2) is 17.7 Å². The lowest BCUT2D eigenvalue weighted by Gasteiger charge is -2.37. The maximum atomic E-state index is 13.0. The Labute approximate surface area is 180 Å². The number of aromatic nitrogens is 3. The number of fused-ring (bicyclic) bond motifs is 1. The summed E-state index contributed by atoms with van der Waals surface area (Å²) in [7, 11) is 0. The second kappa shape index (κ2) is 8.59. The van der Waals surface area contributed by atoms with Gasteiger partial charge >= 0.3 is 0 Å². The van der Waals surface area contributed by atoms with E-state index in [1.165, 1.54) is 5.56 Å². The number of amides is 1. The molecule has 8 nitrogen and oxygen atoms in total. The van der Waals surface area contributed by atoms with Gasteiger partial charge in [-0.05, 0) is 48.7 Å². The van der Waals surface area contributed by atoms with Crippen molar-refractivity contribution in [2.24, 2.45) is 0 Å². The summed E-state index contributed by atoms with van der Waals surface area (Å²) in [5.41, 5.74) is 2.09. The molecular weight excluding hydrogens is 392 g/mol. The zero-order chi connectivity index (χ0) is 21.0. The average molecular weight is 416 g/mol. The first-order valence-corrected chi connectivity index (χ1v) is 10.6. The minimum Gasteiger partial charge on any atom is -0.480 e. The molecule has 3 aromatic rings. The van der Waals surface area contributed by atoms with Crippen molar-refractivity contribution >= 4 is 23.2 Å². The van der Waals surface area contributed by atoms with Crippen molar-refractivity contribution in [2.45, 2.75) is 18.9 Å². The summed E-state index contributed by atoms with van der Waals surface area (Å²) in [5.74, 6) is 2.41. The van der Waals surface area contributed by atoms with Gasteiger partial charge in [-0.2, -0.15) is 0 Å². The predicted octanol–water partition coefficient (Wildman–Crippen LogP) is 2.66. The molecule has 2 aliphatic rings. The Hall–Kier alpha value is -3.68. The fourth-order valence-corrected chi connectivity index (χ4v) is 4.00. The smallest absolute Gasteiger partial charge is 0.263 e. The summed E-state index contributed by atoms with van der Waals surface area (Å²) >= 11 is 0. The fraction of sp³-hybridized carbons (Fsp3) is 0.304. The second-order valence-corrected chi connectivity index (χ2v) is 7.70. The number of nitrogens with zero attached hydrogens (tertiary/aromatic N) is 5. The third kappa shape index (κ3) is 4.28. The summed E-state index contributed by atoms with van der Waals surface area (Å²) in [6, 6.07) is 15.6. The molecule has 2 aliphatic heterocycles. The first-order valence-electron chi connectivity index (χ1n) is 10.6. The van der Waals surface area contributed by atoms with E-state index in [1.807, 2.05) is 47.4 Å². The Kier molecular flexibility index (Phi) is 5.35. The molecule has 1 aromatic carbocycles. The molecule has 0 spiro atoms. The van der Waals surface area contributed by atoms with Crippen LogP contribution in [0.4, 0.5) is 17.3 Å². The summed E-state index contributed by atoms with van der Waals surface area (Å²) in [6.07, 6.45) is 4.67. The Balaban J connectivity index is 1.16. The van der Waals surface area contributed by atoms with Crippen LogP contribution in [0.3, 0.4) is 0 Å². The molecule has 8 heteroatoms. The van der Waals surface area contributed by atoms with Crippen molar-refractivity contribution in [1.29, 1.82) is 0 Å². The van der Waals surface area contributed by atoms with E-state index in [0.717, 1.165) is 43.2 Å². The van der Waals surface area contributed by atoms with Gasteiger partial charge in [0.25, 0.3) is 5.91 Å². The minimum absolute atomic E-state index is 0.0807. The molecule has 0 saturated carbocycles. The number of rotatable bonds is 4. The third-order valence-corrected chi connectivity index (χ3v) is 5.71. The van der Waals surface area contributed by atoms with E-state index in [0.29, 0.717) is 18.9 Å². The van der Waals surface area contributed by atoms with Crippen LogP contribution in [0.25, 0.3) is 0 Å². The van der Waals surface area contributed by atoms with Gasteiger partial charge in [-0.3, -0.25) is 9.78 Å². The number of nitrogens with one attached hydrogen (secondary N) is 1. The van der Waals surface area contributed by atoms with Gasteiger partial charge in [-0.25, -0.2) is 0 Å². The monoisotopic (exact) mass is 416 g/mol. The Morgan fingerprint density at radius 3 is 2.55 bits per heavy atom. The molecular formula is C23H24N6O2. The number of piperazine rings is 1. The van der Waals surface area contributed by atoms with Gasteiger partial charge in [-0.1, -0.05) is 18.2 Å². The number of pyridine rings is 1. The van der Waals surface area contributed by atoms with E-state index >= 15 is 0 Å². The highest BCUT2D eigenvalue weighted by Gasteiger charge is 2.31. The first kappa shape index (κ1) is 19.3. The van der Waals surface area contributed by atoms with Crippen LogP contribution < -0.4 is 15.0 Å². The highest BCUT2D eigenvalue weighted by Crippen LogP contribution is 2.28. The predicted molar refractivity (Wildman–Crippen MR) is 118 cm³/mol. The molecule has 2 aromatic heterocycles. The third-order valence-electron chi connectivity index (χ3n) is 5.71. The molecule has 0 radical (unpaired) electrons. The molecule has 4 heterocycles. The van der Waals surface area contributed by atoms with E-state index in [1.54, 1.807) is 12.4 Å². The molecule has 1 amide bonds. The van der Waals surface area contributed by atoms with Crippen LogP contribution in [0.5, 0.6) is 5.75 Å². The van der Waals surface area contributed by atoms with Crippen LogP contribution >= 0.6 is 0 Å². The van der Waals surface area contributed by atoms with E-state index in [9.17, 15) is 4.79 Å².